The van der Waals surface area contributed by atoms with E-state index in [4.69, 9.17) is 0 Å². The summed E-state index contributed by atoms with van der Waals surface area (Å²) >= 11 is 0. The first kappa shape index (κ1) is 22.7. The van der Waals surface area contributed by atoms with Crippen LogP contribution >= 0.6 is 0 Å². The molecule has 0 amide bonds. The van der Waals surface area contributed by atoms with Crippen molar-refractivity contribution in [2.75, 3.05) is 0 Å². The highest BCUT2D eigenvalue weighted by molar-refractivity contribution is 6.01. The van der Waals surface area contributed by atoms with Gasteiger partial charge in [-0.25, -0.2) is 4.39 Å². The molecule has 0 aliphatic rings. The lowest BCUT2D eigenvalue weighted by Gasteiger charge is -2.21. The molecule has 6 aromatic rings. The molecule has 0 aliphatic carbocycles. The molecule has 0 heterocycles. The predicted molar refractivity (Wildman–Crippen MR) is 154 cm³/mol. The zero-order valence-electron chi connectivity index (χ0n) is 20.3. The molecule has 6 rings (SSSR count). The summed E-state index contributed by atoms with van der Waals surface area (Å²) < 4.78 is 13.9. The summed E-state index contributed by atoms with van der Waals surface area (Å²) in [6, 6.07) is 51.4. The van der Waals surface area contributed by atoms with Crippen molar-refractivity contribution in [2.24, 2.45) is 0 Å². The van der Waals surface area contributed by atoms with Crippen molar-refractivity contribution in [3.63, 3.8) is 0 Å². The quantitative estimate of drug-likeness (QED) is 0.232. The molecule has 0 atom stereocenters. The lowest BCUT2D eigenvalue weighted by atomic mass is 9.82. The largest absolute Gasteiger partial charge is 0.207 e. The van der Waals surface area contributed by atoms with Gasteiger partial charge in [0.2, 0.25) is 0 Å². The van der Waals surface area contributed by atoms with Crippen LogP contribution in [-0.4, -0.2) is 0 Å². The summed E-state index contributed by atoms with van der Waals surface area (Å²) in [5.41, 5.74) is 11.3. The van der Waals surface area contributed by atoms with Crippen LogP contribution in [0.5, 0.6) is 0 Å². The Bertz CT molecular complexity index is 1620. The van der Waals surface area contributed by atoms with Crippen LogP contribution in [0.2, 0.25) is 0 Å². The van der Waals surface area contributed by atoms with Gasteiger partial charge in [0.1, 0.15) is 5.82 Å². The van der Waals surface area contributed by atoms with Gasteiger partial charge in [-0.05, 0) is 67.8 Å². The van der Waals surface area contributed by atoms with Gasteiger partial charge in [-0.3, -0.25) is 0 Å². The Morgan fingerprint density at radius 3 is 1.11 bits per heavy atom. The van der Waals surface area contributed by atoms with Crippen LogP contribution in [0, 0.1) is 5.82 Å². The summed E-state index contributed by atoms with van der Waals surface area (Å²) in [6.07, 6.45) is 0. The third-order valence-corrected chi connectivity index (χ3v) is 6.79. The maximum Gasteiger partial charge on any atom is 0.123 e. The highest BCUT2D eigenvalue weighted by Gasteiger charge is 2.19. The minimum absolute atomic E-state index is 0.235. The first-order valence-corrected chi connectivity index (χ1v) is 12.5. The number of rotatable bonds is 5. The van der Waals surface area contributed by atoms with Crippen molar-refractivity contribution in [3.05, 3.63) is 157 Å². The van der Waals surface area contributed by atoms with Gasteiger partial charge in [0, 0.05) is 0 Å². The second-order valence-corrected chi connectivity index (χ2v) is 9.09. The Morgan fingerprint density at radius 1 is 0.270 bits per heavy atom. The Morgan fingerprint density at radius 2 is 0.595 bits per heavy atom. The topological polar surface area (TPSA) is 0 Å². The van der Waals surface area contributed by atoms with E-state index in [2.05, 4.69) is 109 Å². The highest BCUT2D eigenvalue weighted by atomic mass is 19.1. The zero-order valence-corrected chi connectivity index (χ0v) is 20.3. The molecule has 0 unspecified atom stereocenters. The fraction of sp³-hybridized carbons (Fsp3) is 0. The van der Waals surface area contributed by atoms with Crippen LogP contribution in [0.25, 0.3) is 55.6 Å². The maximum absolute atomic E-state index is 13.9. The van der Waals surface area contributed by atoms with Crippen molar-refractivity contribution in [3.8, 4) is 55.6 Å². The summed E-state index contributed by atoms with van der Waals surface area (Å²) in [6.45, 7) is 0. The SMILES string of the molecule is Fc1ccc(-c2ccc(-c3ccccc3)c(-c3ccccc3)c2-c2ccc(-c3ccccc3)cc2)cc1. The Hall–Kier alpha value is -4.75. The molecular weight excluding hydrogens is 451 g/mol. The van der Waals surface area contributed by atoms with Gasteiger partial charge in [0.25, 0.3) is 0 Å². The second kappa shape index (κ2) is 10.1. The minimum atomic E-state index is -0.235. The molecular formula is C36H25F. The highest BCUT2D eigenvalue weighted by Crippen LogP contribution is 2.45. The van der Waals surface area contributed by atoms with Crippen molar-refractivity contribution < 1.29 is 4.39 Å². The Labute approximate surface area is 217 Å². The van der Waals surface area contributed by atoms with E-state index in [0.29, 0.717) is 0 Å². The van der Waals surface area contributed by atoms with E-state index in [1.54, 1.807) is 0 Å². The Kier molecular flexibility index (Phi) is 6.19. The number of benzene rings is 6. The van der Waals surface area contributed by atoms with E-state index in [1.165, 1.54) is 34.4 Å². The minimum Gasteiger partial charge on any atom is -0.207 e. The van der Waals surface area contributed by atoms with Gasteiger partial charge >= 0.3 is 0 Å². The molecule has 0 radical (unpaired) electrons. The number of hydrogen-bond donors (Lipinski definition) is 0. The third-order valence-electron chi connectivity index (χ3n) is 6.79. The molecule has 0 aromatic heterocycles. The Balaban J connectivity index is 1.64. The molecule has 0 fully saturated rings. The smallest absolute Gasteiger partial charge is 0.123 e. The standard InChI is InChI=1S/C36H25F/c37-32-22-20-29(21-23-32)34-25-24-33(28-12-6-2-7-13-28)35(30-14-8-3-9-15-30)36(34)31-18-16-27(17-19-31)26-10-4-1-5-11-26/h1-25H. The van der Waals surface area contributed by atoms with Crippen LogP contribution in [0.15, 0.2) is 152 Å². The summed E-state index contributed by atoms with van der Waals surface area (Å²) in [5.74, 6) is -0.235. The number of hydrogen-bond acceptors (Lipinski definition) is 0. The zero-order chi connectivity index (χ0) is 25.0. The molecule has 0 N–H and O–H groups in total. The molecule has 6 aromatic carbocycles. The molecule has 0 saturated heterocycles. The van der Waals surface area contributed by atoms with E-state index in [1.807, 2.05) is 30.3 Å². The normalized spacial score (nSPS) is 10.8. The van der Waals surface area contributed by atoms with Crippen LogP contribution in [-0.2, 0) is 0 Å². The molecule has 0 bridgehead atoms. The lowest BCUT2D eigenvalue weighted by molar-refractivity contribution is 0.628. The van der Waals surface area contributed by atoms with Gasteiger partial charge < -0.3 is 0 Å². The van der Waals surface area contributed by atoms with Crippen LogP contribution < -0.4 is 0 Å². The summed E-state index contributed by atoms with van der Waals surface area (Å²) in [5, 5.41) is 0. The molecule has 0 nitrogen and oxygen atoms in total. The molecule has 1 heteroatoms. The van der Waals surface area contributed by atoms with Crippen LogP contribution in [0.3, 0.4) is 0 Å². The van der Waals surface area contributed by atoms with Gasteiger partial charge in [0.05, 0.1) is 0 Å². The fourth-order valence-corrected chi connectivity index (χ4v) is 5.00. The van der Waals surface area contributed by atoms with Crippen molar-refractivity contribution in [1.82, 2.24) is 0 Å². The number of halogens is 1. The molecule has 0 saturated carbocycles. The fourth-order valence-electron chi connectivity index (χ4n) is 5.00. The van der Waals surface area contributed by atoms with Gasteiger partial charge in [0.15, 0.2) is 0 Å². The van der Waals surface area contributed by atoms with Crippen molar-refractivity contribution in [1.29, 1.82) is 0 Å². The lowest BCUT2D eigenvalue weighted by Crippen LogP contribution is -1.95. The van der Waals surface area contributed by atoms with E-state index in [-0.39, 0.29) is 5.82 Å². The van der Waals surface area contributed by atoms with E-state index in [9.17, 15) is 4.39 Å². The van der Waals surface area contributed by atoms with E-state index >= 15 is 0 Å². The maximum atomic E-state index is 13.9. The van der Waals surface area contributed by atoms with Gasteiger partial charge in [-0.15, -0.1) is 0 Å². The van der Waals surface area contributed by atoms with Crippen LogP contribution in [0.1, 0.15) is 0 Å². The molecule has 37 heavy (non-hydrogen) atoms. The molecule has 176 valence electrons. The van der Waals surface area contributed by atoms with Crippen LogP contribution in [0.4, 0.5) is 4.39 Å². The average molecular weight is 477 g/mol. The predicted octanol–water partition coefficient (Wildman–Crippen LogP) is 10.2. The van der Waals surface area contributed by atoms with Gasteiger partial charge in [-0.2, -0.15) is 0 Å². The van der Waals surface area contributed by atoms with E-state index < -0.39 is 0 Å². The van der Waals surface area contributed by atoms with Crippen molar-refractivity contribution >= 4 is 0 Å². The van der Waals surface area contributed by atoms with Crippen molar-refractivity contribution in [2.45, 2.75) is 0 Å². The van der Waals surface area contributed by atoms with Gasteiger partial charge in [-0.1, -0.05) is 140 Å². The summed E-state index contributed by atoms with van der Waals surface area (Å²) in [4.78, 5) is 0. The second-order valence-electron chi connectivity index (χ2n) is 9.09. The summed E-state index contributed by atoms with van der Waals surface area (Å²) in [7, 11) is 0. The average Bonchev–Trinajstić information content (AvgIpc) is 2.98. The third kappa shape index (κ3) is 4.60. The monoisotopic (exact) mass is 476 g/mol. The molecule has 0 aliphatic heterocycles. The van der Waals surface area contributed by atoms with E-state index in [0.717, 1.165) is 33.4 Å². The molecule has 0 spiro atoms. The first-order valence-electron chi connectivity index (χ1n) is 12.5. The first-order chi connectivity index (χ1) is 18.3.